The average Bonchev–Trinajstić information content (AvgIpc) is 2.78. The zero-order chi connectivity index (χ0) is 23.8. The maximum Gasteiger partial charge on any atom is 0.273 e. The van der Waals surface area contributed by atoms with Crippen molar-refractivity contribution in [2.75, 3.05) is 7.11 Å². The van der Waals surface area contributed by atoms with E-state index in [9.17, 15) is 14.9 Å². The Morgan fingerprint density at radius 1 is 1.18 bits per heavy atom. The van der Waals surface area contributed by atoms with Crippen LogP contribution in [-0.2, 0) is 17.8 Å². The molecular formula is C24H22BrN3O5. The van der Waals surface area contributed by atoms with Crippen molar-refractivity contribution in [1.82, 2.24) is 5.43 Å². The molecule has 33 heavy (non-hydrogen) atoms. The smallest absolute Gasteiger partial charge is 0.273 e. The molecule has 0 fully saturated rings. The van der Waals surface area contributed by atoms with E-state index in [-0.39, 0.29) is 12.1 Å². The minimum absolute atomic E-state index is 0.105. The lowest BCUT2D eigenvalue weighted by Gasteiger charge is -2.14. The Kier molecular flexibility index (Phi) is 8.15. The molecule has 3 aromatic rings. The van der Waals surface area contributed by atoms with Crippen LogP contribution < -0.4 is 14.9 Å². The van der Waals surface area contributed by atoms with Crippen LogP contribution in [-0.4, -0.2) is 24.2 Å². The van der Waals surface area contributed by atoms with Gasteiger partial charge in [0.2, 0.25) is 5.91 Å². The predicted molar refractivity (Wildman–Crippen MR) is 129 cm³/mol. The van der Waals surface area contributed by atoms with Gasteiger partial charge in [0, 0.05) is 11.6 Å². The first kappa shape index (κ1) is 23.9. The Balaban J connectivity index is 1.65. The van der Waals surface area contributed by atoms with Gasteiger partial charge in [-0.15, -0.1) is 0 Å². The Hall–Kier alpha value is -3.72. The second-order valence-electron chi connectivity index (χ2n) is 7.17. The van der Waals surface area contributed by atoms with Crippen LogP contribution in [0.4, 0.5) is 5.69 Å². The molecule has 3 aromatic carbocycles. The maximum absolute atomic E-state index is 12.2. The molecule has 0 heterocycles. The van der Waals surface area contributed by atoms with Crippen LogP contribution >= 0.6 is 15.9 Å². The van der Waals surface area contributed by atoms with Gasteiger partial charge < -0.3 is 9.47 Å². The number of ether oxygens (including phenoxy) is 2. The van der Waals surface area contributed by atoms with Gasteiger partial charge >= 0.3 is 0 Å². The summed E-state index contributed by atoms with van der Waals surface area (Å²) < 4.78 is 12.1. The summed E-state index contributed by atoms with van der Waals surface area (Å²) in [7, 11) is 1.54. The third-order valence-corrected chi connectivity index (χ3v) is 5.25. The van der Waals surface area contributed by atoms with E-state index >= 15 is 0 Å². The molecule has 1 N–H and O–H groups in total. The summed E-state index contributed by atoms with van der Waals surface area (Å²) >= 11 is 3.50. The van der Waals surface area contributed by atoms with E-state index in [1.54, 1.807) is 30.3 Å². The fourth-order valence-corrected chi connectivity index (χ4v) is 3.72. The zero-order valence-corrected chi connectivity index (χ0v) is 19.7. The third kappa shape index (κ3) is 6.63. The van der Waals surface area contributed by atoms with Crippen molar-refractivity contribution in [3.63, 3.8) is 0 Å². The number of carbonyl (C=O) groups is 1. The van der Waals surface area contributed by atoms with E-state index in [1.165, 1.54) is 19.4 Å². The van der Waals surface area contributed by atoms with Crippen LogP contribution in [0.25, 0.3) is 0 Å². The summed E-state index contributed by atoms with van der Waals surface area (Å²) in [4.78, 5) is 22.7. The number of aryl methyl sites for hydroxylation is 1. The highest BCUT2D eigenvalue weighted by Gasteiger charge is 2.15. The largest absolute Gasteiger partial charge is 0.493 e. The molecule has 0 radical (unpaired) electrons. The number of benzene rings is 3. The van der Waals surface area contributed by atoms with Crippen molar-refractivity contribution < 1.29 is 19.2 Å². The molecule has 0 aliphatic carbocycles. The van der Waals surface area contributed by atoms with Crippen LogP contribution in [0.15, 0.2) is 70.2 Å². The fourth-order valence-electron chi connectivity index (χ4n) is 3.14. The lowest BCUT2D eigenvalue weighted by Crippen LogP contribution is -2.20. The minimum Gasteiger partial charge on any atom is -0.493 e. The maximum atomic E-state index is 12.2. The number of hydrogen-bond donors (Lipinski definition) is 1. The van der Waals surface area contributed by atoms with Crippen molar-refractivity contribution in [3.05, 3.63) is 97.5 Å². The summed E-state index contributed by atoms with van der Waals surface area (Å²) in [6.07, 6.45) is 1.29. The topological polar surface area (TPSA) is 103 Å². The van der Waals surface area contributed by atoms with Gasteiger partial charge in [-0.2, -0.15) is 5.10 Å². The predicted octanol–water partition coefficient (Wildman–Crippen LogP) is 4.95. The molecule has 0 aliphatic heterocycles. The molecule has 0 saturated heterocycles. The number of nitrogens with zero attached hydrogens (tertiary/aromatic N) is 2. The molecule has 8 nitrogen and oxygen atoms in total. The van der Waals surface area contributed by atoms with Gasteiger partial charge in [0.25, 0.3) is 5.69 Å². The lowest BCUT2D eigenvalue weighted by molar-refractivity contribution is -0.385. The summed E-state index contributed by atoms with van der Waals surface area (Å²) in [6, 6.07) is 17.6. The van der Waals surface area contributed by atoms with Gasteiger partial charge in [0.05, 0.1) is 29.1 Å². The van der Waals surface area contributed by atoms with E-state index < -0.39 is 10.8 Å². The van der Waals surface area contributed by atoms with Crippen molar-refractivity contribution in [2.24, 2.45) is 5.10 Å². The summed E-state index contributed by atoms with van der Waals surface area (Å²) in [5.74, 6) is 0.589. The zero-order valence-electron chi connectivity index (χ0n) is 18.1. The quantitative estimate of drug-likeness (QED) is 0.248. The number of halogens is 1. The van der Waals surface area contributed by atoms with Crippen molar-refractivity contribution >= 4 is 33.7 Å². The fraction of sp³-hybridized carbons (Fsp3) is 0.167. The number of nitrogens with one attached hydrogen (secondary N) is 1. The first-order valence-electron chi connectivity index (χ1n) is 9.97. The van der Waals surface area contributed by atoms with Gasteiger partial charge in [-0.25, -0.2) is 5.43 Å². The lowest BCUT2D eigenvalue weighted by atomic mass is 10.1. The molecule has 0 atom stereocenters. The Bertz CT molecular complexity index is 1200. The Morgan fingerprint density at radius 2 is 1.97 bits per heavy atom. The van der Waals surface area contributed by atoms with E-state index in [4.69, 9.17) is 9.47 Å². The number of nitro benzene ring substituents is 1. The average molecular weight is 512 g/mol. The molecule has 9 heteroatoms. The number of carbonyl (C=O) groups excluding carboxylic acids is 1. The van der Waals surface area contributed by atoms with E-state index in [1.807, 2.05) is 31.2 Å². The molecule has 0 aliphatic rings. The SMILES string of the molecule is COc1cc(/C=N/NC(=O)Cc2ccccc2[N+](=O)[O-])cc(Br)c1OCc1cccc(C)c1. The van der Waals surface area contributed by atoms with Gasteiger partial charge in [-0.05, 0) is 46.1 Å². The summed E-state index contributed by atoms with van der Waals surface area (Å²) in [5, 5.41) is 15.0. The summed E-state index contributed by atoms with van der Waals surface area (Å²) in [6.45, 7) is 2.40. The number of methoxy groups -OCH3 is 1. The molecule has 1 amide bonds. The molecular weight excluding hydrogens is 490 g/mol. The third-order valence-electron chi connectivity index (χ3n) is 4.66. The molecule has 0 saturated carbocycles. The van der Waals surface area contributed by atoms with Gasteiger partial charge in [-0.3, -0.25) is 14.9 Å². The van der Waals surface area contributed by atoms with Crippen molar-refractivity contribution in [1.29, 1.82) is 0 Å². The molecule has 0 unspecified atom stereocenters. The number of nitro groups is 1. The standard InChI is InChI=1S/C24H22BrN3O5/c1-16-6-5-7-17(10-16)15-33-24-20(25)11-18(12-22(24)32-2)14-26-27-23(29)13-19-8-3-4-9-21(19)28(30)31/h3-12,14H,13,15H2,1-2H3,(H,27,29)/b26-14+. The van der Waals surface area contributed by atoms with Crippen LogP contribution in [0, 0.1) is 17.0 Å². The first-order chi connectivity index (χ1) is 15.9. The van der Waals surface area contributed by atoms with Gasteiger partial charge in [0.1, 0.15) is 6.61 Å². The molecule has 3 rings (SSSR count). The summed E-state index contributed by atoms with van der Waals surface area (Å²) in [5.41, 5.74) is 5.45. The van der Waals surface area contributed by atoms with Gasteiger partial charge in [-0.1, -0.05) is 48.0 Å². The second kappa shape index (κ2) is 11.2. The van der Waals surface area contributed by atoms with E-state index in [2.05, 4.69) is 26.5 Å². The molecule has 0 spiro atoms. The number of amides is 1. The van der Waals surface area contributed by atoms with Gasteiger partial charge in [0.15, 0.2) is 11.5 Å². The number of hydrazone groups is 1. The van der Waals surface area contributed by atoms with Crippen molar-refractivity contribution in [3.8, 4) is 11.5 Å². The van der Waals surface area contributed by atoms with Crippen molar-refractivity contribution in [2.45, 2.75) is 20.0 Å². The number of para-hydroxylation sites is 1. The number of rotatable bonds is 9. The van der Waals surface area contributed by atoms with Crippen LogP contribution in [0.1, 0.15) is 22.3 Å². The van der Waals surface area contributed by atoms with Crippen LogP contribution in [0.2, 0.25) is 0 Å². The highest BCUT2D eigenvalue weighted by Crippen LogP contribution is 2.36. The van der Waals surface area contributed by atoms with Crippen LogP contribution in [0.5, 0.6) is 11.5 Å². The number of hydrogen-bond acceptors (Lipinski definition) is 6. The second-order valence-corrected chi connectivity index (χ2v) is 8.02. The highest BCUT2D eigenvalue weighted by atomic mass is 79.9. The normalized spacial score (nSPS) is 10.8. The highest BCUT2D eigenvalue weighted by molar-refractivity contribution is 9.10. The van der Waals surface area contributed by atoms with E-state index in [0.29, 0.717) is 33.7 Å². The Morgan fingerprint density at radius 3 is 2.70 bits per heavy atom. The van der Waals surface area contributed by atoms with E-state index in [0.717, 1.165) is 11.1 Å². The first-order valence-corrected chi connectivity index (χ1v) is 10.8. The molecule has 0 bridgehead atoms. The monoisotopic (exact) mass is 511 g/mol. The van der Waals surface area contributed by atoms with Crippen LogP contribution in [0.3, 0.4) is 0 Å². The Labute approximate surface area is 199 Å². The molecule has 0 aromatic heterocycles. The minimum atomic E-state index is -0.516. The molecule has 170 valence electrons.